The Labute approximate surface area is 108 Å². The van der Waals surface area contributed by atoms with Crippen LogP contribution in [0.25, 0.3) is 0 Å². The second kappa shape index (κ2) is 4.89. The number of hydrogen-bond donors (Lipinski definition) is 2. The fourth-order valence-electron chi connectivity index (χ4n) is 1.21. The summed E-state index contributed by atoms with van der Waals surface area (Å²) in [5, 5.41) is 9.46. The standard InChI is InChI=1S/C10H10Cl2N2O3/c1-10(8(13)15,9(16)17)3-5-4-14-7(12)2-6(5)11/h2,4H,3H2,1H3,(H2,13,15)(H,16,17). The van der Waals surface area contributed by atoms with Crippen molar-refractivity contribution >= 4 is 35.1 Å². The molecule has 0 aliphatic heterocycles. The van der Waals surface area contributed by atoms with Crippen LogP contribution in [-0.4, -0.2) is 22.0 Å². The van der Waals surface area contributed by atoms with E-state index >= 15 is 0 Å². The molecule has 17 heavy (non-hydrogen) atoms. The highest BCUT2D eigenvalue weighted by molar-refractivity contribution is 6.34. The normalized spacial score (nSPS) is 14.1. The van der Waals surface area contributed by atoms with Crippen molar-refractivity contribution in [3.63, 3.8) is 0 Å². The third kappa shape index (κ3) is 2.87. The molecular weight excluding hydrogens is 267 g/mol. The molecule has 1 atom stereocenters. The summed E-state index contributed by atoms with van der Waals surface area (Å²) in [5.41, 5.74) is 3.77. The molecule has 1 unspecified atom stereocenters. The fraction of sp³-hybridized carbons (Fsp3) is 0.300. The van der Waals surface area contributed by atoms with E-state index in [0.29, 0.717) is 5.56 Å². The maximum atomic E-state index is 11.2. The number of primary amides is 1. The van der Waals surface area contributed by atoms with Gasteiger partial charge in [0.1, 0.15) is 10.6 Å². The van der Waals surface area contributed by atoms with Crippen LogP contribution in [0, 0.1) is 5.41 Å². The molecule has 1 heterocycles. The number of carbonyl (C=O) groups excluding carboxylic acids is 1. The number of halogens is 2. The lowest BCUT2D eigenvalue weighted by Gasteiger charge is -2.21. The molecule has 1 aromatic heterocycles. The van der Waals surface area contributed by atoms with E-state index in [9.17, 15) is 9.59 Å². The molecule has 0 radical (unpaired) electrons. The highest BCUT2D eigenvalue weighted by atomic mass is 35.5. The first-order chi connectivity index (χ1) is 7.77. The summed E-state index contributed by atoms with van der Waals surface area (Å²) in [6.45, 7) is 1.24. The fourth-order valence-corrected chi connectivity index (χ4v) is 1.65. The van der Waals surface area contributed by atoms with Gasteiger partial charge >= 0.3 is 5.97 Å². The first-order valence-electron chi connectivity index (χ1n) is 4.60. The van der Waals surface area contributed by atoms with E-state index in [1.54, 1.807) is 0 Å². The van der Waals surface area contributed by atoms with Gasteiger partial charge in [-0.25, -0.2) is 4.98 Å². The second-order valence-corrected chi connectivity index (χ2v) is 4.57. The maximum Gasteiger partial charge on any atom is 0.319 e. The Kier molecular flexibility index (Phi) is 3.95. The zero-order valence-corrected chi connectivity index (χ0v) is 10.4. The lowest BCUT2D eigenvalue weighted by atomic mass is 9.83. The lowest BCUT2D eigenvalue weighted by Crippen LogP contribution is -2.43. The smallest absolute Gasteiger partial charge is 0.319 e. The third-order valence-corrected chi connectivity index (χ3v) is 3.01. The summed E-state index contributed by atoms with van der Waals surface area (Å²) in [6.07, 6.45) is 1.19. The van der Waals surface area contributed by atoms with Crippen LogP contribution in [0.5, 0.6) is 0 Å². The number of nitrogens with zero attached hydrogens (tertiary/aromatic N) is 1. The van der Waals surface area contributed by atoms with Crippen LogP contribution in [0.2, 0.25) is 10.2 Å². The first kappa shape index (κ1) is 13.7. The number of rotatable bonds is 4. The van der Waals surface area contributed by atoms with Crippen LogP contribution in [0.15, 0.2) is 12.3 Å². The molecule has 0 fully saturated rings. The largest absolute Gasteiger partial charge is 0.480 e. The van der Waals surface area contributed by atoms with Gasteiger partial charge in [-0.1, -0.05) is 23.2 Å². The molecule has 0 aliphatic rings. The van der Waals surface area contributed by atoms with Gasteiger partial charge in [0.2, 0.25) is 5.91 Å². The topological polar surface area (TPSA) is 93.3 Å². The molecule has 3 N–H and O–H groups in total. The molecule has 1 amide bonds. The maximum absolute atomic E-state index is 11.2. The molecule has 0 saturated carbocycles. The molecule has 1 rings (SSSR count). The number of carbonyl (C=O) groups is 2. The summed E-state index contributed by atoms with van der Waals surface area (Å²) < 4.78 is 0. The minimum absolute atomic E-state index is 0.138. The molecule has 0 aromatic carbocycles. The Hall–Kier alpha value is -1.33. The summed E-state index contributed by atoms with van der Waals surface area (Å²) in [4.78, 5) is 26.0. The van der Waals surface area contributed by atoms with E-state index in [-0.39, 0.29) is 16.6 Å². The van der Waals surface area contributed by atoms with Crippen LogP contribution in [0.3, 0.4) is 0 Å². The van der Waals surface area contributed by atoms with Gasteiger partial charge < -0.3 is 10.8 Å². The van der Waals surface area contributed by atoms with Gasteiger partial charge in [0, 0.05) is 17.6 Å². The monoisotopic (exact) mass is 276 g/mol. The molecular formula is C10H10Cl2N2O3. The second-order valence-electron chi connectivity index (χ2n) is 3.78. The van der Waals surface area contributed by atoms with Crippen molar-refractivity contribution in [2.75, 3.05) is 0 Å². The average Bonchev–Trinajstić information content (AvgIpc) is 2.21. The van der Waals surface area contributed by atoms with Crippen LogP contribution < -0.4 is 5.73 Å². The van der Waals surface area contributed by atoms with E-state index in [1.807, 2.05) is 0 Å². The molecule has 5 nitrogen and oxygen atoms in total. The van der Waals surface area contributed by atoms with Gasteiger partial charge in [-0.2, -0.15) is 0 Å². The number of carboxylic acid groups (broad SMARTS) is 1. The summed E-state index contributed by atoms with van der Waals surface area (Å²) in [6, 6.07) is 1.38. The quantitative estimate of drug-likeness (QED) is 0.644. The van der Waals surface area contributed by atoms with Crippen molar-refractivity contribution in [2.45, 2.75) is 13.3 Å². The summed E-state index contributed by atoms with van der Waals surface area (Å²) in [5.74, 6) is -2.24. The predicted molar refractivity (Wildman–Crippen MR) is 62.9 cm³/mol. The molecule has 0 saturated heterocycles. The highest BCUT2D eigenvalue weighted by Crippen LogP contribution is 2.27. The van der Waals surface area contributed by atoms with Gasteiger partial charge in [0.25, 0.3) is 0 Å². The zero-order chi connectivity index (χ0) is 13.2. The van der Waals surface area contributed by atoms with Crippen LogP contribution in [0.4, 0.5) is 0 Å². The predicted octanol–water partition coefficient (Wildman–Crippen LogP) is 1.51. The van der Waals surface area contributed by atoms with E-state index in [0.717, 1.165) is 0 Å². The molecule has 1 aromatic rings. The van der Waals surface area contributed by atoms with Crippen LogP contribution >= 0.6 is 23.2 Å². The minimum atomic E-state index is -1.72. The minimum Gasteiger partial charge on any atom is -0.480 e. The molecule has 92 valence electrons. The van der Waals surface area contributed by atoms with Crippen molar-refractivity contribution in [2.24, 2.45) is 11.1 Å². The number of carboxylic acids is 1. The van der Waals surface area contributed by atoms with Gasteiger partial charge in [-0.05, 0) is 18.6 Å². The van der Waals surface area contributed by atoms with Gasteiger partial charge in [-0.15, -0.1) is 0 Å². The van der Waals surface area contributed by atoms with Crippen LogP contribution in [0.1, 0.15) is 12.5 Å². The Morgan fingerprint density at radius 2 is 2.12 bits per heavy atom. The molecule has 0 aliphatic carbocycles. The number of pyridine rings is 1. The summed E-state index contributed by atoms with van der Waals surface area (Å²) in [7, 11) is 0. The Morgan fingerprint density at radius 1 is 1.53 bits per heavy atom. The number of aromatic nitrogens is 1. The number of aliphatic carboxylic acids is 1. The SMILES string of the molecule is CC(Cc1cnc(Cl)cc1Cl)(C(N)=O)C(=O)O. The van der Waals surface area contributed by atoms with Crippen molar-refractivity contribution in [1.82, 2.24) is 4.98 Å². The van der Waals surface area contributed by atoms with E-state index in [2.05, 4.69) is 4.98 Å². The zero-order valence-electron chi connectivity index (χ0n) is 8.91. The number of nitrogens with two attached hydrogens (primary N) is 1. The number of amides is 1. The van der Waals surface area contributed by atoms with E-state index in [4.69, 9.17) is 34.0 Å². The van der Waals surface area contributed by atoms with Gasteiger partial charge in [0.15, 0.2) is 0 Å². The molecule has 7 heteroatoms. The van der Waals surface area contributed by atoms with Gasteiger partial charge in [0.05, 0.1) is 0 Å². The van der Waals surface area contributed by atoms with Crippen molar-refractivity contribution in [1.29, 1.82) is 0 Å². The Morgan fingerprint density at radius 3 is 2.53 bits per heavy atom. The third-order valence-electron chi connectivity index (χ3n) is 2.46. The van der Waals surface area contributed by atoms with E-state index in [1.165, 1.54) is 19.2 Å². The van der Waals surface area contributed by atoms with Crippen LogP contribution in [-0.2, 0) is 16.0 Å². The van der Waals surface area contributed by atoms with E-state index < -0.39 is 17.3 Å². The molecule has 0 bridgehead atoms. The average molecular weight is 277 g/mol. The van der Waals surface area contributed by atoms with Crippen molar-refractivity contribution < 1.29 is 14.7 Å². The van der Waals surface area contributed by atoms with Gasteiger partial charge in [-0.3, -0.25) is 9.59 Å². The Bertz CT molecular complexity index is 463. The highest BCUT2D eigenvalue weighted by Gasteiger charge is 2.40. The van der Waals surface area contributed by atoms with Crippen molar-refractivity contribution in [3.05, 3.63) is 28.0 Å². The Balaban J connectivity index is 3.11. The summed E-state index contributed by atoms with van der Waals surface area (Å²) >= 11 is 11.5. The molecule has 0 spiro atoms. The van der Waals surface area contributed by atoms with Crippen molar-refractivity contribution in [3.8, 4) is 0 Å². The first-order valence-corrected chi connectivity index (χ1v) is 5.36. The number of hydrogen-bond acceptors (Lipinski definition) is 3. The lowest BCUT2D eigenvalue weighted by molar-refractivity contribution is -0.153.